The Kier molecular flexibility index (Phi) is 6.03. The Labute approximate surface area is 105 Å². The van der Waals surface area contributed by atoms with Crippen molar-refractivity contribution in [3.63, 3.8) is 0 Å². The molecular weight excluding hydrogens is 234 g/mol. The van der Waals surface area contributed by atoms with Crippen molar-refractivity contribution in [2.45, 2.75) is 13.3 Å². The Morgan fingerprint density at radius 3 is 2.56 bits per heavy atom. The fraction of sp³-hybridized carbons (Fsp3) is 0.231. The van der Waals surface area contributed by atoms with Crippen molar-refractivity contribution in [1.82, 2.24) is 4.98 Å². The monoisotopic (exact) mass is 249 g/mol. The highest BCUT2D eigenvalue weighted by molar-refractivity contribution is 5.89. The number of carbonyl (C=O) groups excluding carboxylic acids is 1. The molecule has 1 aromatic heterocycles. The van der Waals surface area contributed by atoms with Crippen molar-refractivity contribution < 1.29 is 19.1 Å². The van der Waals surface area contributed by atoms with Gasteiger partial charge in [-0.15, -0.1) is 0 Å². The van der Waals surface area contributed by atoms with Gasteiger partial charge in [-0.25, -0.2) is 9.78 Å². The molecule has 0 bridgehead atoms. The number of oxazole rings is 1. The van der Waals surface area contributed by atoms with Crippen molar-refractivity contribution in [2.75, 3.05) is 6.61 Å². The van der Waals surface area contributed by atoms with Gasteiger partial charge in [0, 0.05) is 0 Å². The molecule has 0 aliphatic carbocycles. The molecule has 5 heteroatoms. The molecule has 1 aromatic carbocycles. The number of phenols is 1. The van der Waals surface area contributed by atoms with Gasteiger partial charge in [0.2, 0.25) is 0 Å². The van der Waals surface area contributed by atoms with Gasteiger partial charge in [-0.2, -0.15) is 0 Å². The maximum Gasteiger partial charge on any atom is 0.338 e. The lowest BCUT2D eigenvalue weighted by Crippen LogP contribution is -2.05. The van der Waals surface area contributed by atoms with Crippen LogP contribution in [0.1, 0.15) is 23.7 Å². The molecule has 0 saturated carbocycles. The topological polar surface area (TPSA) is 72.6 Å². The summed E-state index contributed by atoms with van der Waals surface area (Å²) in [5.41, 5.74) is 0.464. The van der Waals surface area contributed by atoms with Gasteiger partial charge in [0.1, 0.15) is 12.0 Å². The summed E-state index contributed by atoms with van der Waals surface area (Å²) in [5, 5.41) is 8.96. The lowest BCUT2D eigenvalue weighted by molar-refractivity contribution is 0.0505. The molecule has 0 spiro atoms. The first-order valence-electron chi connectivity index (χ1n) is 5.52. The van der Waals surface area contributed by atoms with Crippen molar-refractivity contribution >= 4 is 5.97 Å². The van der Waals surface area contributed by atoms with Crippen molar-refractivity contribution in [3.8, 4) is 5.75 Å². The lowest BCUT2D eigenvalue weighted by Gasteiger charge is -2.02. The Hall–Kier alpha value is -2.30. The van der Waals surface area contributed by atoms with Gasteiger partial charge in [0.05, 0.1) is 18.4 Å². The summed E-state index contributed by atoms with van der Waals surface area (Å²) in [6.45, 7) is 2.36. The van der Waals surface area contributed by atoms with Crippen LogP contribution >= 0.6 is 0 Å². The third kappa shape index (κ3) is 5.16. The molecule has 2 rings (SSSR count). The molecule has 1 N–H and O–H groups in total. The number of ether oxygens (including phenoxy) is 1. The average molecular weight is 249 g/mol. The minimum absolute atomic E-state index is 0.145. The third-order valence-corrected chi connectivity index (χ3v) is 1.89. The molecule has 0 saturated heterocycles. The highest BCUT2D eigenvalue weighted by atomic mass is 16.5. The zero-order valence-corrected chi connectivity index (χ0v) is 10.1. The fourth-order valence-electron chi connectivity index (χ4n) is 1.05. The Morgan fingerprint density at radius 2 is 2.11 bits per heavy atom. The second-order valence-corrected chi connectivity index (χ2v) is 3.36. The van der Waals surface area contributed by atoms with Gasteiger partial charge in [-0.1, -0.05) is 6.92 Å². The molecular formula is C13H15NO4. The van der Waals surface area contributed by atoms with E-state index in [1.54, 1.807) is 6.20 Å². The van der Waals surface area contributed by atoms with Crippen LogP contribution in [0.4, 0.5) is 0 Å². The van der Waals surface area contributed by atoms with Crippen molar-refractivity contribution in [3.05, 3.63) is 48.7 Å². The van der Waals surface area contributed by atoms with Gasteiger partial charge in [0.15, 0.2) is 6.39 Å². The van der Waals surface area contributed by atoms with Gasteiger partial charge >= 0.3 is 5.97 Å². The number of carbonyl (C=O) groups is 1. The highest BCUT2D eigenvalue weighted by Gasteiger charge is 2.05. The van der Waals surface area contributed by atoms with Crippen LogP contribution in [0.2, 0.25) is 0 Å². The van der Waals surface area contributed by atoms with Crippen LogP contribution in [-0.4, -0.2) is 22.7 Å². The maximum atomic E-state index is 11.2. The Morgan fingerprint density at radius 1 is 1.39 bits per heavy atom. The quantitative estimate of drug-likeness (QED) is 0.846. The van der Waals surface area contributed by atoms with Crippen LogP contribution < -0.4 is 0 Å². The van der Waals surface area contributed by atoms with Crippen LogP contribution in [0, 0.1) is 0 Å². The molecule has 0 atom stereocenters. The number of aromatic hydroxyl groups is 1. The number of hydrogen-bond donors (Lipinski definition) is 1. The Balaban J connectivity index is 0.000000269. The fourth-order valence-corrected chi connectivity index (χ4v) is 1.05. The summed E-state index contributed by atoms with van der Waals surface area (Å²) in [6, 6.07) is 5.99. The molecule has 5 nitrogen and oxygen atoms in total. The number of phenolic OH excluding ortho intramolecular Hbond substituents is 1. The van der Waals surface area contributed by atoms with E-state index in [0.717, 1.165) is 6.42 Å². The van der Waals surface area contributed by atoms with E-state index in [9.17, 15) is 4.79 Å². The van der Waals surface area contributed by atoms with Crippen LogP contribution in [-0.2, 0) is 4.74 Å². The van der Waals surface area contributed by atoms with E-state index in [1.165, 1.54) is 36.9 Å². The largest absolute Gasteiger partial charge is 0.508 e. The van der Waals surface area contributed by atoms with E-state index in [2.05, 4.69) is 9.40 Å². The number of aromatic nitrogens is 1. The lowest BCUT2D eigenvalue weighted by atomic mass is 10.2. The molecule has 2 aromatic rings. The molecule has 0 amide bonds. The van der Waals surface area contributed by atoms with Crippen molar-refractivity contribution in [2.24, 2.45) is 0 Å². The van der Waals surface area contributed by atoms with Gasteiger partial charge < -0.3 is 14.3 Å². The summed E-state index contributed by atoms with van der Waals surface area (Å²) in [5.74, 6) is -0.200. The van der Waals surface area contributed by atoms with Crippen LogP contribution in [0.15, 0.2) is 47.5 Å². The summed E-state index contributed by atoms with van der Waals surface area (Å²) < 4.78 is 9.37. The highest BCUT2D eigenvalue weighted by Crippen LogP contribution is 2.10. The number of benzene rings is 1. The van der Waals surface area contributed by atoms with E-state index in [-0.39, 0.29) is 11.7 Å². The number of hydrogen-bond acceptors (Lipinski definition) is 5. The standard InChI is InChI=1S/C10H12O3.C3H3NO/c1-2-7-13-10(12)8-3-5-9(11)6-4-8;1-2-5-3-4-1/h3-6,11H,2,7H2,1H3;1-3H. The molecule has 0 aliphatic rings. The van der Waals surface area contributed by atoms with Crippen LogP contribution in [0.25, 0.3) is 0 Å². The van der Waals surface area contributed by atoms with Gasteiger partial charge in [0.25, 0.3) is 0 Å². The van der Waals surface area contributed by atoms with E-state index in [4.69, 9.17) is 9.84 Å². The first-order chi connectivity index (χ1) is 8.74. The number of nitrogens with zero attached hydrogens (tertiary/aromatic N) is 1. The summed E-state index contributed by atoms with van der Waals surface area (Å²) >= 11 is 0. The molecule has 0 fully saturated rings. The second kappa shape index (κ2) is 7.89. The molecule has 96 valence electrons. The summed E-state index contributed by atoms with van der Waals surface area (Å²) in [7, 11) is 0. The molecule has 18 heavy (non-hydrogen) atoms. The maximum absolute atomic E-state index is 11.2. The van der Waals surface area contributed by atoms with Crippen molar-refractivity contribution in [1.29, 1.82) is 0 Å². The first kappa shape index (κ1) is 13.8. The molecule has 0 radical (unpaired) electrons. The zero-order valence-electron chi connectivity index (χ0n) is 10.1. The number of rotatable bonds is 3. The Bertz CT molecular complexity index is 419. The summed E-state index contributed by atoms with van der Waals surface area (Å²) in [4.78, 5) is 14.8. The molecule has 1 heterocycles. The van der Waals surface area contributed by atoms with Gasteiger partial charge in [-0.05, 0) is 30.7 Å². The number of esters is 1. The summed E-state index contributed by atoms with van der Waals surface area (Å²) in [6.07, 6.45) is 5.28. The van der Waals surface area contributed by atoms with Gasteiger partial charge in [-0.3, -0.25) is 0 Å². The molecule has 0 aliphatic heterocycles. The van der Waals surface area contributed by atoms with E-state index >= 15 is 0 Å². The third-order valence-electron chi connectivity index (χ3n) is 1.89. The predicted molar refractivity (Wildman–Crippen MR) is 65.2 cm³/mol. The predicted octanol–water partition coefficient (Wildman–Crippen LogP) is 2.63. The molecule has 0 unspecified atom stereocenters. The first-order valence-corrected chi connectivity index (χ1v) is 5.52. The normalized spacial score (nSPS) is 9.17. The second-order valence-electron chi connectivity index (χ2n) is 3.36. The smallest absolute Gasteiger partial charge is 0.338 e. The van der Waals surface area contributed by atoms with E-state index < -0.39 is 0 Å². The zero-order chi connectivity index (χ0) is 13.2. The average Bonchev–Trinajstić information content (AvgIpc) is 2.96. The van der Waals surface area contributed by atoms with Crippen LogP contribution in [0.5, 0.6) is 5.75 Å². The van der Waals surface area contributed by atoms with E-state index in [1.807, 2.05) is 6.92 Å². The SMILES string of the molecule is CCCOC(=O)c1ccc(O)cc1.c1cocn1. The minimum atomic E-state index is -0.346. The van der Waals surface area contributed by atoms with Crippen LogP contribution in [0.3, 0.4) is 0 Å². The minimum Gasteiger partial charge on any atom is -0.508 e. The van der Waals surface area contributed by atoms with E-state index in [0.29, 0.717) is 12.2 Å².